The number of hydrogen-bond donors (Lipinski definition) is 2. The summed E-state index contributed by atoms with van der Waals surface area (Å²) in [4.78, 5) is 31.4. The van der Waals surface area contributed by atoms with Gasteiger partial charge in [-0.25, -0.2) is 0 Å². The third kappa shape index (κ3) is 2.16. The van der Waals surface area contributed by atoms with Crippen molar-refractivity contribution in [3.05, 3.63) is 38.9 Å². The van der Waals surface area contributed by atoms with Crippen LogP contribution >= 0.6 is 12.2 Å². The highest BCUT2D eigenvalue weighted by Crippen LogP contribution is 2.25. The Bertz CT molecular complexity index is 789. The molecule has 1 aliphatic carbocycles. The highest BCUT2D eigenvalue weighted by atomic mass is 32.1. The summed E-state index contributed by atoms with van der Waals surface area (Å²) in [6.45, 7) is 0. The van der Waals surface area contributed by atoms with E-state index in [-0.39, 0.29) is 16.2 Å². The Morgan fingerprint density at radius 2 is 2.10 bits per heavy atom. The number of aromatic nitrogens is 2. The van der Waals surface area contributed by atoms with Crippen molar-refractivity contribution < 1.29 is 4.79 Å². The first-order valence-electron chi connectivity index (χ1n) is 6.60. The van der Waals surface area contributed by atoms with Crippen LogP contribution in [0.3, 0.4) is 0 Å². The zero-order chi connectivity index (χ0) is 14.3. The minimum absolute atomic E-state index is 0.0174. The van der Waals surface area contributed by atoms with E-state index in [0.717, 1.165) is 12.8 Å². The Kier molecular flexibility index (Phi) is 3.17. The molecule has 3 rings (SSSR count). The molecular weight excluding hydrogens is 274 g/mol. The zero-order valence-electron chi connectivity index (χ0n) is 11.1. The molecule has 5 nitrogen and oxygen atoms in total. The summed E-state index contributed by atoms with van der Waals surface area (Å²) in [5.41, 5.74) is 0.921. The van der Waals surface area contributed by atoms with Crippen molar-refractivity contribution in [2.24, 2.45) is 0 Å². The molecule has 104 valence electrons. The maximum Gasteiger partial charge on any atom is 0.259 e. The zero-order valence-corrected chi connectivity index (χ0v) is 11.9. The molecule has 2 aromatic rings. The SMILES string of the molecule is CN(C(=O)c1ccc2c(=O)[nH]c(=S)[nH]c2c1)C1CCC1. The topological polar surface area (TPSA) is 69.0 Å². The average Bonchev–Trinajstić information content (AvgIpc) is 2.34. The van der Waals surface area contributed by atoms with Crippen molar-refractivity contribution >= 4 is 29.0 Å². The lowest BCUT2D eigenvalue weighted by atomic mass is 9.91. The van der Waals surface area contributed by atoms with Crippen LogP contribution in [0.4, 0.5) is 0 Å². The van der Waals surface area contributed by atoms with Crippen molar-refractivity contribution in [1.82, 2.24) is 14.9 Å². The second kappa shape index (κ2) is 4.86. The van der Waals surface area contributed by atoms with Crippen LogP contribution in [0.1, 0.15) is 29.6 Å². The Morgan fingerprint density at radius 1 is 1.35 bits per heavy atom. The van der Waals surface area contributed by atoms with Crippen molar-refractivity contribution in [3.63, 3.8) is 0 Å². The van der Waals surface area contributed by atoms with Crippen LogP contribution in [-0.4, -0.2) is 33.9 Å². The van der Waals surface area contributed by atoms with Crippen molar-refractivity contribution in [1.29, 1.82) is 0 Å². The number of nitrogens with zero attached hydrogens (tertiary/aromatic N) is 1. The number of benzene rings is 1. The molecule has 0 saturated heterocycles. The summed E-state index contributed by atoms with van der Waals surface area (Å²) in [5.74, 6) is -0.0174. The summed E-state index contributed by atoms with van der Waals surface area (Å²) < 4.78 is 0.263. The number of hydrogen-bond acceptors (Lipinski definition) is 3. The average molecular weight is 289 g/mol. The maximum atomic E-state index is 12.4. The number of carbonyl (C=O) groups is 1. The Balaban J connectivity index is 2.02. The molecule has 0 spiro atoms. The second-order valence-electron chi connectivity index (χ2n) is 5.17. The van der Waals surface area contributed by atoms with Gasteiger partial charge >= 0.3 is 0 Å². The molecule has 0 aliphatic heterocycles. The summed E-state index contributed by atoms with van der Waals surface area (Å²) in [6, 6.07) is 5.38. The third-order valence-corrected chi connectivity index (χ3v) is 4.13. The van der Waals surface area contributed by atoms with E-state index < -0.39 is 0 Å². The van der Waals surface area contributed by atoms with Gasteiger partial charge in [0.15, 0.2) is 4.77 Å². The summed E-state index contributed by atoms with van der Waals surface area (Å²) in [6.07, 6.45) is 3.32. The normalized spacial score (nSPS) is 15.1. The van der Waals surface area contributed by atoms with Gasteiger partial charge in [0.05, 0.1) is 10.9 Å². The highest BCUT2D eigenvalue weighted by Gasteiger charge is 2.26. The first-order chi connectivity index (χ1) is 9.56. The van der Waals surface area contributed by atoms with Gasteiger partial charge in [-0.05, 0) is 49.7 Å². The van der Waals surface area contributed by atoms with Gasteiger partial charge in [-0.2, -0.15) is 0 Å². The predicted octanol–water partition coefficient (Wildman–Crippen LogP) is 2.21. The first-order valence-corrected chi connectivity index (χ1v) is 7.00. The fourth-order valence-electron chi connectivity index (χ4n) is 2.45. The number of fused-ring (bicyclic) bond motifs is 1. The fourth-order valence-corrected chi connectivity index (χ4v) is 2.65. The number of rotatable bonds is 2. The van der Waals surface area contributed by atoms with Gasteiger partial charge in [-0.15, -0.1) is 0 Å². The number of H-pyrrole nitrogens is 2. The van der Waals surface area contributed by atoms with Crippen LogP contribution in [0.25, 0.3) is 10.9 Å². The van der Waals surface area contributed by atoms with Crippen LogP contribution < -0.4 is 5.56 Å². The molecule has 0 unspecified atom stereocenters. The minimum atomic E-state index is -0.241. The Morgan fingerprint density at radius 3 is 2.75 bits per heavy atom. The van der Waals surface area contributed by atoms with E-state index >= 15 is 0 Å². The fraction of sp³-hybridized carbons (Fsp3) is 0.357. The molecule has 6 heteroatoms. The standard InChI is InChI=1S/C14H15N3O2S/c1-17(9-3-2-4-9)13(19)8-5-6-10-11(7-8)15-14(20)16-12(10)18/h5-7,9H,2-4H2,1H3,(H2,15,16,18,20). The van der Waals surface area contributed by atoms with E-state index in [9.17, 15) is 9.59 Å². The summed E-state index contributed by atoms with van der Waals surface area (Å²) >= 11 is 4.95. The van der Waals surface area contributed by atoms with E-state index in [1.54, 1.807) is 23.1 Å². The van der Waals surface area contributed by atoms with E-state index in [2.05, 4.69) is 9.97 Å². The van der Waals surface area contributed by atoms with Crippen LogP contribution in [0.15, 0.2) is 23.0 Å². The number of aromatic amines is 2. The molecular formula is C14H15N3O2S. The highest BCUT2D eigenvalue weighted by molar-refractivity contribution is 7.71. The van der Waals surface area contributed by atoms with Gasteiger partial charge < -0.3 is 9.88 Å². The van der Waals surface area contributed by atoms with Crippen LogP contribution in [0.5, 0.6) is 0 Å². The van der Waals surface area contributed by atoms with Gasteiger partial charge in [0.2, 0.25) is 0 Å². The quantitative estimate of drug-likeness (QED) is 0.833. The molecule has 1 heterocycles. The van der Waals surface area contributed by atoms with Crippen molar-refractivity contribution in [3.8, 4) is 0 Å². The van der Waals surface area contributed by atoms with Gasteiger partial charge in [-0.3, -0.25) is 14.6 Å². The van der Waals surface area contributed by atoms with Gasteiger partial charge in [0.25, 0.3) is 11.5 Å². The van der Waals surface area contributed by atoms with E-state index in [1.165, 1.54) is 6.42 Å². The van der Waals surface area contributed by atoms with Gasteiger partial charge in [-0.1, -0.05) is 0 Å². The van der Waals surface area contributed by atoms with Crippen LogP contribution in [0.2, 0.25) is 0 Å². The Labute approximate surface area is 120 Å². The van der Waals surface area contributed by atoms with E-state index in [1.807, 2.05) is 7.05 Å². The van der Waals surface area contributed by atoms with Crippen LogP contribution in [0, 0.1) is 4.77 Å². The maximum absolute atomic E-state index is 12.4. The van der Waals surface area contributed by atoms with Gasteiger partial charge in [0.1, 0.15) is 0 Å². The Hall–Kier alpha value is -1.95. The number of amides is 1. The molecule has 0 radical (unpaired) electrons. The molecule has 1 aromatic carbocycles. The van der Waals surface area contributed by atoms with E-state index in [0.29, 0.717) is 22.5 Å². The molecule has 1 saturated carbocycles. The molecule has 2 N–H and O–H groups in total. The lowest BCUT2D eigenvalue weighted by Gasteiger charge is -2.34. The summed E-state index contributed by atoms with van der Waals surface area (Å²) in [5, 5.41) is 0.501. The van der Waals surface area contributed by atoms with Crippen LogP contribution in [-0.2, 0) is 0 Å². The van der Waals surface area contributed by atoms with Gasteiger partial charge in [0, 0.05) is 18.7 Å². The third-order valence-electron chi connectivity index (χ3n) is 3.93. The molecule has 0 atom stereocenters. The van der Waals surface area contributed by atoms with Crippen molar-refractivity contribution in [2.75, 3.05) is 7.05 Å². The smallest absolute Gasteiger partial charge is 0.259 e. The molecule has 1 aliphatic rings. The first kappa shape index (κ1) is 13.1. The largest absolute Gasteiger partial charge is 0.339 e. The lowest BCUT2D eigenvalue weighted by Crippen LogP contribution is -2.41. The molecule has 1 amide bonds. The monoisotopic (exact) mass is 289 g/mol. The number of nitrogens with one attached hydrogen (secondary N) is 2. The molecule has 0 bridgehead atoms. The molecule has 1 aromatic heterocycles. The van der Waals surface area contributed by atoms with Crippen molar-refractivity contribution in [2.45, 2.75) is 25.3 Å². The molecule has 20 heavy (non-hydrogen) atoms. The molecule has 1 fully saturated rings. The lowest BCUT2D eigenvalue weighted by molar-refractivity contribution is 0.0652. The van der Waals surface area contributed by atoms with E-state index in [4.69, 9.17) is 12.2 Å². The minimum Gasteiger partial charge on any atom is -0.339 e. The number of carbonyl (C=O) groups excluding carboxylic acids is 1. The summed E-state index contributed by atoms with van der Waals surface area (Å²) in [7, 11) is 1.83. The predicted molar refractivity (Wildman–Crippen MR) is 79.5 cm³/mol. The second-order valence-corrected chi connectivity index (χ2v) is 5.58.